The van der Waals surface area contributed by atoms with E-state index in [4.69, 9.17) is 92.7 Å². The van der Waals surface area contributed by atoms with Crippen LogP contribution in [0.25, 0.3) is 39.4 Å². The monoisotopic (exact) mass is 1850 g/mol. The van der Waals surface area contributed by atoms with Gasteiger partial charge in [0.15, 0.2) is 23.3 Å². The zero-order chi connectivity index (χ0) is 90.9. The number of halogens is 4. The van der Waals surface area contributed by atoms with Crippen LogP contribution in [0.1, 0.15) is 269 Å². The number of ketones is 4. The normalized spacial score (nSPS) is 15.0. The molecule has 650 valence electrons. The zero-order valence-electron chi connectivity index (χ0n) is 73.0. The minimum Gasteiger partial charge on any atom is -0.311 e. The van der Waals surface area contributed by atoms with Gasteiger partial charge in [-0.1, -0.05) is 136 Å². The number of aryl methyl sites for hydroxylation is 4. The fraction of sp³-hybridized carbons (Fsp3) is 0.368. The smallest absolute Gasteiger partial charge is 0.249 e. The standard InChI is InChI=1S/2C25H26ClN5OS.C24H24ClN5OS.C21H18ClN5OS/c2*1-14(2)6-11-19(32)12-20-24-30-29-16(4)31(24)25-22(15(3)21(33-25)13-27-5)23(28-20)17-7-9-18(26)10-8-17;1-5-6-7-18(31)12-19-23-29-28-15(3)30(23)24-21(14(2)20(32-24)13-26-4)22(27-19)16-8-10-17(25)11-9-16;1-11(28)9-16-20-26-25-13(3)27(20)21-18(12(2)17(29-21)10-23-4)19(24-16)14-5-7-15(22)8-6-14/h2*7-10,14,20H,6,11-13H2,1-4H3;8-11,19H,5-7,12-13H2,1-3H3;5-8,16H,9-10H2,1-3H3/t2*20-;19-;16-/m0000/s1. The molecule has 0 bridgehead atoms. The van der Waals surface area contributed by atoms with E-state index < -0.39 is 24.2 Å². The van der Waals surface area contributed by atoms with Gasteiger partial charge in [0.05, 0.1) is 42.4 Å². The van der Waals surface area contributed by atoms with Crippen molar-refractivity contribution in [3.8, 4) is 20.0 Å². The molecular formula is C95H94Cl4N20O4S4. The van der Waals surface area contributed by atoms with Crippen molar-refractivity contribution in [1.82, 2.24) is 59.1 Å². The van der Waals surface area contributed by atoms with E-state index in [0.717, 1.165) is 178 Å². The van der Waals surface area contributed by atoms with E-state index in [9.17, 15) is 19.2 Å². The molecule has 16 rings (SSSR count). The molecule has 12 aromatic rings. The van der Waals surface area contributed by atoms with Crippen LogP contribution in [0, 0.1) is 93.5 Å². The maximum absolute atomic E-state index is 12.9. The molecule has 0 spiro atoms. The Labute approximate surface area is 775 Å². The van der Waals surface area contributed by atoms with Gasteiger partial charge in [0, 0.05) is 110 Å². The Kier molecular flexibility index (Phi) is 30.3. The predicted molar refractivity (Wildman–Crippen MR) is 507 cm³/mol. The molecule has 0 radical (unpaired) electrons. The first-order chi connectivity index (χ1) is 60.9. The van der Waals surface area contributed by atoms with Crippen molar-refractivity contribution in [1.29, 1.82) is 0 Å². The highest BCUT2D eigenvalue weighted by Gasteiger charge is 2.39. The molecule has 8 aromatic heterocycles. The average Bonchev–Trinajstić information content (AvgIpc) is 1.61. The first-order valence-electron chi connectivity index (χ1n) is 41.9. The minimum absolute atomic E-state index is 0.0390. The first kappa shape index (κ1) is 93.4. The topological polar surface area (TPSA) is 258 Å². The van der Waals surface area contributed by atoms with Crippen LogP contribution in [-0.2, 0) is 45.4 Å². The maximum Gasteiger partial charge on any atom is 0.249 e. The van der Waals surface area contributed by atoms with E-state index in [1.807, 2.05) is 171 Å². The van der Waals surface area contributed by atoms with Crippen LogP contribution in [0.2, 0.25) is 20.1 Å². The van der Waals surface area contributed by atoms with E-state index in [1.54, 1.807) is 52.3 Å². The summed E-state index contributed by atoms with van der Waals surface area (Å²) in [6.45, 7) is 58.6. The van der Waals surface area contributed by atoms with Gasteiger partial charge in [-0.25, -0.2) is 26.3 Å². The Morgan fingerprint density at radius 3 is 0.803 bits per heavy atom. The molecule has 32 heteroatoms. The second-order valence-corrected chi connectivity index (χ2v) is 38.5. The summed E-state index contributed by atoms with van der Waals surface area (Å²) in [5, 5.41) is 41.3. The van der Waals surface area contributed by atoms with Crippen LogP contribution >= 0.6 is 91.8 Å². The van der Waals surface area contributed by atoms with Gasteiger partial charge >= 0.3 is 0 Å². The fourth-order valence-electron chi connectivity index (χ4n) is 15.7. The Morgan fingerprint density at radius 2 is 0.591 bits per heavy atom. The summed E-state index contributed by atoms with van der Waals surface area (Å²) in [5.41, 5.74) is 14.9. The Morgan fingerprint density at radius 1 is 0.362 bits per heavy atom. The van der Waals surface area contributed by atoms with Crippen LogP contribution in [0.5, 0.6) is 0 Å². The van der Waals surface area contributed by atoms with Gasteiger partial charge in [-0.15, -0.1) is 86.1 Å². The van der Waals surface area contributed by atoms with Gasteiger partial charge in [-0.05, 0) is 164 Å². The summed E-state index contributed by atoms with van der Waals surface area (Å²) in [4.78, 5) is 89.3. The number of benzene rings is 4. The molecule has 0 saturated carbocycles. The minimum atomic E-state index is -0.431. The highest BCUT2D eigenvalue weighted by molar-refractivity contribution is 7.16. The number of hydrogen-bond acceptors (Lipinski definition) is 20. The number of Topliss-reactive ketones (excluding diaryl/α,β-unsaturated/α-hetero) is 4. The lowest BCUT2D eigenvalue weighted by Gasteiger charge is -2.13. The van der Waals surface area contributed by atoms with Crippen LogP contribution in [0.4, 0.5) is 0 Å². The number of nitrogens with zero attached hydrogens (tertiary/aromatic N) is 20. The molecule has 12 heterocycles. The van der Waals surface area contributed by atoms with Crippen LogP contribution in [-0.4, -0.2) is 105 Å². The van der Waals surface area contributed by atoms with Crippen molar-refractivity contribution in [2.24, 2.45) is 31.8 Å². The summed E-state index contributed by atoms with van der Waals surface area (Å²) in [7, 11) is 0. The number of thiophene rings is 4. The van der Waals surface area contributed by atoms with Gasteiger partial charge in [-0.3, -0.25) is 57.4 Å². The molecule has 24 nitrogen and oxygen atoms in total. The van der Waals surface area contributed by atoms with Crippen LogP contribution in [0.3, 0.4) is 0 Å². The van der Waals surface area contributed by atoms with E-state index in [-0.39, 0.29) is 48.8 Å². The van der Waals surface area contributed by atoms with Gasteiger partial charge in [0.2, 0.25) is 26.2 Å². The van der Waals surface area contributed by atoms with Gasteiger partial charge in [0.1, 0.15) is 90.6 Å². The number of aromatic nitrogens is 12. The third-order valence-electron chi connectivity index (χ3n) is 22.3. The molecule has 0 amide bonds. The van der Waals surface area contributed by atoms with Crippen molar-refractivity contribution in [3.63, 3.8) is 0 Å². The molecule has 0 aliphatic carbocycles. The second-order valence-electron chi connectivity index (χ2n) is 32.5. The summed E-state index contributed by atoms with van der Waals surface area (Å²) >= 11 is 30.8. The third kappa shape index (κ3) is 20.5. The number of aliphatic imine (C=N–C) groups is 4. The Bertz CT molecular complexity index is 6300. The SMILES string of the molecule is [C-]#[N+]Cc1sc2c(c1C)C(c1ccc(Cl)cc1)=N[C@@H](CC(=O)CCC(C)C)c1nnc(C)n1-2.[C-]#[N+]Cc1sc2c(c1C)C(c1ccc(Cl)cc1)=N[C@@H](CC(=O)CCC(C)C)c1nnc(C)n1-2.[C-]#[N+]Cc1sc2c(c1C)C(c1ccc(Cl)cc1)=N[C@@H](CC(=O)CCCC)c1nnc(C)n1-2.[C-]#[N+]Cc1sc2c(c1C)C(c1ccc(Cl)cc1)=N[C@@H](CC(C)=O)c1nnc(C)n1-2. The lowest BCUT2D eigenvalue weighted by Crippen LogP contribution is -2.12. The van der Waals surface area contributed by atoms with Crippen molar-refractivity contribution >= 4 is 138 Å². The van der Waals surface area contributed by atoms with Gasteiger partial charge < -0.3 is 19.4 Å². The number of unbranched alkanes of at least 4 members (excludes halogenated alkanes) is 1. The molecule has 4 atom stereocenters. The largest absolute Gasteiger partial charge is 0.311 e. The molecule has 4 aliphatic rings. The van der Waals surface area contributed by atoms with E-state index >= 15 is 0 Å². The highest BCUT2D eigenvalue weighted by Crippen LogP contribution is 2.47. The molecule has 4 aromatic carbocycles. The lowest BCUT2D eigenvalue weighted by atomic mass is 9.99. The van der Waals surface area contributed by atoms with Crippen molar-refractivity contribution in [2.75, 3.05) is 0 Å². The third-order valence-corrected chi connectivity index (χ3v) is 28.4. The Hall–Kier alpha value is -11.3. The number of rotatable bonds is 25. The maximum atomic E-state index is 12.9. The zero-order valence-corrected chi connectivity index (χ0v) is 79.3. The molecule has 0 N–H and O–H groups in total. The number of fused-ring (bicyclic) bond motifs is 12. The predicted octanol–water partition coefficient (Wildman–Crippen LogP) is 23.6. The number of carbonyl (C=O) groups excluding carboxylic acids is 4. The van der Waals surface area contributed by atoms with E-state index in [1.165, 1.54) is 0 Å². The molecule has 0 saturated heterocycles. The number of hydrogen-bond donors (Lipinski definition) is 0. The molecular weight excluding hydrogens is 1760 g/mol. The molecule has 0 fully saturated rings. The lowest BCUT2D eigenvalue weighted by molar-refractivity contribution is -0.120. The molecule has 127 heavy (non-hydrogen) atoms. The van der Waals surface area contributed by atoms with Crippen molar-refractivity contribution in [2.45, 2.75) is 218 Å². The van der Waals surface area contributed by atoms with E-state index in [0.29, 0.717) is 101 Å². The summed E-state index contributed by atoms with van der Waals surface area (Å²) < 4.78 is 8.05. The summed E-state index contributed by atoms with van der Waals surface area (Å²) in [6.07, 6.45) is 6.28. The summed E-state index contributed by atoms with van der Waals surface area (Å²) in [5.74, 6) is 7.15. The Balaban J connectivity index is 0.000000145. The van der Waals surface area contributed by atoms with Crippen LogP contribution < -0.4 is 0 Å². The van der Waals surface area contributed by atoms with Crippen molar-refractivity contribution < 1.29 is 19.2 Å². The first-order valence-corrected chi connectivity index (χ1v) is 46.6. The number of carbonyl (C=O) groups is 4. The van der Waals surface area contributed by atoms with Crippen LogP contribution in [0.15, 0.2) is 117 Å². The van der Waals surface area contributed by atoms with Crippen molar-refractivity contribution in [3.05, 3.63) is 296 Å². The van der Waals surface area contributed by atoms with Gasteiger partial charge in [-0.2, -0.15) is 0 Å². The van der Waals surface area contributed by atoms with E-state index in [2.05, 4.69) is 94.8 Å². The summed E-state index contributed by atoms with van der Waals surface area (Å²) in [6, 6.07) is 28.6. The average molecular weight is 1850 g/mol. The fourth-order valence-corrected chi connectivity index (χ4v) is 21.3. The van der Waals surface area contributed by atoms with Gasteiger partial charge in [0.25, 0.3) is 0 Å². The second kappa shape index (κ2) is 41.2. The molecule has 0 unspecified atom stereocenters. The highest BCUT2D eigenvalue weighted by atomic mass is 35.5. The molecule has 4 aliphatic heterocycles. The quantitative estimate of drug-likeness (QED) is 0.0484.